The van der Waals surface area contributed by atoms with Crippen LogP contribution in [0.4, 0.5) is 0 Å². The van der Waals surface area contributed by atoms with Crippen molar-refractivity contribution < 1.29 is 14.3 Å². The summed E-state index contributed by atoms with van der Waals surface area (Å²) in [6, 6.07) is 5.86. The number of amides is 2. The van der Waals surface area contributed by atoms with Crippen molar-refractivity contribution in [3.63, 3.8) is 0 Å². The molecule has 0 aromatic carbocycles. The number of pyridine rings is 1. The lowest BCUT2D eigenvalue weighted by Crippen LogP contribution is -2.55. The van der Waals surface area contributed by atoms with Crippen molar-refractivity contribution in [1.29, 1.82) is 0 Å². The second-order valence-electron chi connectivity index (χ2n) is 10.4. The van der Waals surface area contributed by atoms with Gasteiger partial charge in [0.05, 0.1) is 11.6 Å². The fourth-order valence-corrected chi connectivity index (χ4v) is 5.46. The summed E-state index contributed by atoms with van der Waals surface area (Å²) in [4.78, 5) is 36.0. The Morgan fingerprint density at radius 2 is 1.92 bits per heavy atom. The second-order valence-corrected chi connectivity index (χ2v) is 10.4. The molecule has 0 unspecified atom stereocenters. The van der Waals surface area contributed by atoms with Crippen molar-refractivity contribution >= 4 is 42.3 Å². The number of carbonyl (C=O) groups excluding carboxylic acids is 2. The summed E-state index contributed by atoms with van der Waals surface area (Å²) in [6.07, 6.45) is 7.51. The highest BCUT2D eigenvalue weighted by Gasteiger charge is 2.36. The SMILES string of the molecule is COCCCCc1c(C(=O)N(CC(C)C)[C@@H]2CNC[C@H](C(=O)N3CCCC3)C2)nc2ccccn12.Cl.Cl. The molecule has 2 aromatic heterocycles. The van der Waals surface area contributed by atoms with E-state index in [0.29, 0.717) is 44.3 Å². The van der Waals surface area contributed by atoms with Crippen molar-refractivity contribution in [2.24, 2.45) is 11.8 Å². The van der Waals surface area contributed by atoms with Crippen LogP contribution < -0.4 is 5.32 Å². The van der Waals surface area contributed by atoms with Crippen molar-refractivity contribution in [3.05, 3.63) is 35.8 Å². The Balaban J connectivity index is 0.00000241. The number of aromatic nitrogens is 2. The van der Waals surface area contributed by atoms with Crippen molar-refractivity contribution in [3.8, 4) is 0 Å². The number of ether oxygens (including phenoxy) is 1. The normalized spacial score (nSPS) is 19.5. The lowest BCUT2D eigenvalue weighted by molar-refractivity contribution is -0.135. The number of hydrogen-bond acceptors (Lipinski definition) is 5. The molecule has 2 fully saturated rings. The third-order valence-corrected chi connectivity index (χ3v) is 7.20. The smallest absolute Gasteiger partial charge is 0.274 e. The maximum atomic E-state index is 14.1. The van der Waals surface area contributed by atoms with Gasteiger partial charge >= 0.3 is 0 Å². The molecular formula is C27H43Cl2N5O3. The molecule has 1 N–H and O–H groups in total. The number of likely N-dealkylation sites (tertiary alicyclic amines) is 1. The molecular weight excluding hydrogens is 513 g/mol. The van der Waals surface area contributed by atoms with Gasteiger partial charge in [-0.15, -0.1) is 24.8 Å². The number of fused-ring (bicyclic) bond motifs is 1. The van der Waals surface area contributed by atoms with Crippen LogP contribution in [0.1, 0.15) is 62.1 Å². The van der Waals surface area contributed by atoms with Gasteiger partial charge in [-0.3, -0.25) is 9.59 Å². The number of piperidine rings is 1. The van der Waals surface area contributed by atoms with Crippen LogP contribution in [0.2, 0.25) is 0 Å². The molecule has 2 atom stereocenters. The Morgan fingerprint density at radius 1 is 1.16 bits per heavy atom. The van der Waals surface area contributed by atoms with Crippen LogP contribution >= 0.6 is 24.8 Å². The fourth-order valence-electron chi connectivity index (χ4n) is 5.46. The van der Waals surface area contributed by atoms with Crippen LogP contribution in [0.5, 0.6) is 0 Å². The van der Waals surface area contributed by atoms with E-state index in [-0.39, 0.29) is 48.6 Å². The predicted octanol–water partition coefficient (Wildman–Crippen LogP) is 3.85. The molecule has 208 valence electrons. The lowest BCUT2D eigenvalue weighted by atomic mass is 9.92. The van der Waals surface area contributed by atoms with Gasteiger partial charge in [0.25, 0.3) is 5.91 Å². The summed E-state index contributed by atoms with van der Waals surface area (Å²) in [5.74, 6) is 0.452. The molecule has 2 amide bonds. The van der Waals surface area contributed by atoms with E-state index < -0.39 is 0 Å². The van der Waals surface area contributed by atoms with Gasteiger partial charge in [0.1, 0.15) is 5.65 Å². The van der Waals surface area contributed by atoms with Gasteiger partial charge in [0.15, 0.2) is 5.69 Å². The number of rotatable bonds is 10. The van der Waals surface area contributed by atoms with Gasteiger partial charge in [-0.2, -0.15) is 0 Å². The number of halogens is 2. The Hall–Kier alpha value is -1.87. The van der Waals surface area contributed by atoms with E-state index in [1.54, 1.807) is 7.11 Å². The van der Waals surface area contributed by atoms with Crippen LogP contribution in [0.25, 0.3) is 5.65 Å². The molecule has 4 rings (SSSR count). The Bertz CT molecular complexity index is 1010. The average Bonchev–Trinajstić information content (AvgIpc) is 3.53. The molecule has 2 aromatic rings. The van der Waals surface area contributed by atoms with Gasteiger partial charge < -0.3 is 24.3 Å². The van der Waals surface area contributed by atoms with Gasteiger partial charge in [-0.05, 0) is 56.6 Å². The minimum atomic E-state index is -0.0797. The van der Waals surface area contributed by atoms with Gasteiger partial charge in [-0.1, -0.05) is 19.9 Å². The standard InChI is InChI=1S/C27H41N5O3.2ClH/c1-20(2)19-32(22-16-21(17-28-18-22)26(33)30-12-7-8-13-30)27(34)25-23(10-5-9-15-35-3)31-14-6-4-11-24(31)29-25;;/h4,6,11,14,20-22,28H,5,7-10,12-13,15-19H2,1-3H3;2*1H/t21-,22+;;/m1../s1. The molecule has 8 nitrogen and oxygen atoms in total. The number of methoxy groups -OCH3 is 1. The van der Waals surface area contributed by atoms with Gasteiger partial charge in [0, 0.05) is 58.7 Å². The highest BCUT2D eigenvalue weighted by Crippen LogP contribution is 2.25. The van der Waals surface area contributed by atoms with E-state index in [4.69, 9.17) is 9.72 Å². The summed E-state index contributed by atoms with van der Waals surface area (Å²) in [6.45, 7) is 8.75. The molecule has 0 bridgehead atoms. The topological polar surface area (TPSA) is 79.2 Å². The van der Waals surface area contributed by atoms with E-state index >= 15 is 0 Å². The first-order valence-electron chi connectivity index (χ1n) is 13.2. The first-order valence-corrected chi connectivity index (χ1v) is 13.2. The molecule has 4 heterocycles. The number of nitrogens with one attached hydrogen (secondary N) is 1. The molecule has 2 aliphatic heterocycles. The summed E-state index contributed by atoms with van der Waals surface area (Å²) in [5, 5.41) is 3.46. The minimum Gasteiger partial charge on any atom is -0.385 e. The quantitative estimate of drug-likeness (QED) is 0.450. The van der Waals surface area contributed by atoms with Crippen LogP contribution in [0, 0.1) is 11.8 Å². The number of aryl methyl sites for hydroxylation is 1. The molecule has 37 heavy (non-hydrogen) atoms. The molecule has 0 radical (unpaired) electrons. The zero-order valence-electron chi connectivity index (χ0n) is 22.4. The van der Waals surface area contributed by atoms with Crippen molar-refractivity contribution in [2.75, 3.05) is 46.4 Å². The third-order valence-electron chi connectivity index (χ3n) is 7.20. The number of hydrogen-bond donors (Lipinski definition) is 1. The summed E-state index contributed by atoms with van der Waals surface area (Å²) >= 11 is 0. The van der Waals surface area contributed by atoms with Crippen LogP contribution in [0.3, 0.4) is 0 Å². The first kappa shape index (κ1) is 31.3. The molecule has 2 saturated heterocycles. The molecule has 0 saturated carbocycles. The minimum absolute atomic E-state index is 0. The van der Waals surface area contributed by atoms with Crippen molar-refractivity contribution in [2.45, 2.75) is 58.4 Å². The molecule has 0 spiro atoms. The Kier molecular flexibility index (Phi) is 12.6. The van der Waals surface area contributed by atoms with Crippen molar-refractivity contribution in [1.82, 2.24) is 24.5 Å². The number of unbranched alkanes of at least 4 members (excludes halogenated alkanes) is 1. The Labute approximate surface area is 233 Å². The van der Waals surface area contributed by atoms with E-state index in [1.807, 2.05) is 38.6 Å². The monoisotopic (exact) mass is 555 g/mol. The lowest BCUT2D eigenvalue weighted by Gasteiger charge is -2.39. The predicted molar refractivity (Wildman–Crippen MR) is 151 cm³/mol. The number of imidazole rings is 1. The molecule has 10 heteroatoms. The molecule has 0 aliphatic carbocycles. The van der Waals surface area contributed by atoms with Gasteiger partial charge in [-0.25, -0.2) is 4.98 Å². The maximum Gasteiger partial charge on any atom is 0.274 e. The number of nitrogens with zero attached hydrogens (tertiary/aromatic N) is 4. The maximum absolute atomic E-state index is 14.1. The Morgan fingerprint density at radius 3 is 2.62 bits per heavy atom. The first-order chi connectivity index (χ1) is 17.0. The van der Waals surface area contributed by atoms with E-state index in [0.717, 1.165) is 56.5 Å². The van der Waals surface area contributed by atoms with Crippen LogP contribution in [0.15, 0.2) is 24.4 Å². The third kappa shape index (κ3) is 7.59. The largest absolute Gasteiger partial charge is 0.385 e. The van der Waals surface area contributed by atoms with E-state index in [1.165, 1.54) is 0 Å². The summed E-state index contributed by atoms with van der Waals surface area (Å²) < 4.78 is 7.27. The molecule has 2 aliphatic rings. The highest BCUT2D eigenvalue weighted by molar-refractivity contribution is 5.95. The zero-order chi connectivity index (χ0) is 24.8. The summed E-state index contributed by atoms with van der Waals surface area (Å²) in [7, 11) is 1.72. The van der Waals surface area contributed by atoms with Gasteiger partial charge in [0.2, 0.25) is 5.91 Å². The second kappa shape index (κ2) is 14.9. The number of carbonyl (C=O) groups is 2. The summed E-state index contributed by atoms with van der Waals surface area (Å²) in [5.41, 5.74) is 2.30. The highest BCUT2D eigenvalue weighted by atomic mass is 35.5. The zero-order valence-corrected chi connectivity index (χ0v) is 24.0. The van der Waals surface area contributed by atoms with Crippen LogP contribution in [-0.4, -0.2) is 83.5 Å². The van der Waals surface area contributed by atoms with E-state index in [9.17, 15) is 9.59 Å². The fraction of sp³-hybridized carbons (Fsp3) is 0.667. The van der Waals surface area contributed by atoms with E-state index in [2.05, 4.69) is 19.2 Å². The van der Waals surface area contributed by atoms with Crippen LogP contribution in [-0.2, 0) is 16.0 Å². The average molecular weight is 557 g/mol.